The molecule has 0 spiro atoms. The van der Waals surface area contributed by atoms with Crippen molar-refractivity contribution in [3.63, 3.8) is 0 Å². The summed E-state index contributed by atoms with van der Waals surface area (Å²) in [6.45, 7) is 8.68. The predicted molar refractivity (Wildman–Crippen MR) is 65.6 cm³/mol. The third kappa shape index (κ3) is 3.85. The van der Waals surface area contributed by atoms with Crippen LogP contribution >= 0.6 is 0 Å². The maximum Gasteiger partial charge on any atom is 0.236 e. The highest BCUT2D eigenvalue weighted by atomic mass is 16.5. The van der Waals surface area contributed by atoms with Crippen LogP contribution in [0.2, 0.25) is 0 Å². The lowest BCUT2D eigenvalue weighted by molar-refractivity contribution is -0.129. The number of amides is 1. The summed E-state index contributed by atoms with van der Waals surface area (Å²) in [4.78, 5) is 13.5. The molecule has 0 atom stereocenters. The average molecular weight is 239 g/mol. The summed E-state index contributed by atoms with van der Waals surface area (Å²) in [5.74, 6) is 0.845. The Morgan fingerprint density at radius 2 is 2.12 bits per heavy atom. The Kier molecular flexibility index (Phi) is 4.69. The zero-order valence-corrected chi connectivity index (χ0v) is 11.2. The van der Waals surface area contributed by atoms with Gasteiger partial charge in [0.1, 0.15) is 5.76 Å². The van der Waals surface area contributed by atoms with Gasteiger partial charge in [0.05, 0.1) is 18.8 Å². The van der Waals surface area contributed by atoms with Crippen LogP contribution in [0.1, 0.15) is 30.9 Å². The van der Waals surface area contributed by atoms with Gasteiger partial charge in [0.2, 0.25) is 5.91 Å². The molecule has 96 valence electrons. The van der Waals surface area contributed by atoms with Gasteiger partial charge in [0.25, 0.3) is 0 Å². The van der Waals surface area contributed by atoms with Gasteiger partial charge in [0.15, 0.2) is 0 Å². The van der Waals surface area contributed by atoms with E-state index in [4.69, 9.17) is 4.52 Å². The van der Waals surface area contributed by atoms with Gasteiger partial charge in [-0.05, 0) is 13.8 Å². The molecule has 1 N–H and O–H groups in total. The first kappa shape index (κ1) is 13.7. The van der Waals surface area contributed by atoms with Crippen molar-refractivity contribution >= 4 is 5.91 Å². The zero-order chi connectivity index (χ0) is 13.0. The molecule has 0 aliphatic rings. The van der Waals surface area contributed by atoms with Crippen molar-refractivity contribution in [2.75, 3.05) is 13.6 Å². The number of aromatic nitrogens is 1. The van der Waals surface area contributed by atoms with Crippen molar-refractivity contribution in [3.05, 3.63) is 17.0 Å². The normalized spacial score (nSPS) is 10.9. The van der Waals surface area contributed by atoms with Gasteiger partial charge in [-0.15, -0.1) is 0 Å². The Morgan fingerprint density at radius 3 is 2.59 bits per heavy atom. The summed E-state index contributed by atoms with van der Waals surface area (Å²) in [5.41, 5.74) is 1.84. The Bertz CT molecular complexity index is 366. The third-order valence-electron chi connectivity index (χ3n) is 2.66. The van der Waals surface area contributed by atoms with Gasteiger partial charge in [0, 0.05) is 18.7 Å². The summed E-state index contributed by atoms with van der Waals surface area (Å²) in [6, 6.07) is 0.311. The number of aryl methyl sites for hydroxylation is 2. The van der Waals surface area contributed by atoms with E-state index in [9.17, 15) is 4.79 Å². The van der Waals surface area contributed by atoms with Gasteiger partial charge in [-0.2, -0.15) is 0 Å². The Hall–Kier alpha value is -1.36. The van der Waals surface area contributed by atoms with Crippen LogP contribution in [0.4, 0.5) is 0 Å². The largest absolute Gasteiger partial charge is 0.361 e. The summed E-state index contributed by atoms with van der Waals surface area (Å²) >= 11 is 0. The quantitative estimate of drug-likeness (QED) is 0.840. The summed E-state index contributed by atoms with van der Waals surface area (Å²) in [5, 5.41) is 6.98. The molecule has 1 heterocycles. The zero-order valence-electron chi connectivity index (χ0n) is 11.2. The van der Waals surface area contributed by atoms with Crippen LogP contribution in [0.3, 0.4) is 0 Å². The summed E-state index contributed by atoms with van der Waals surface area (Å²) in [6.07, 6.45) is 0. The highest BCUT2D eigenvalue weighted by Crippen LogP contribution is 2.14. The lowest BCUT2D eigenvalue weighted by Crippen LogP contribution is -2.37. The van der Waals surface area contributed by atoms with Gasteiger partial charge in [-0.3, -0.25) is 4.79 Å². The fourth-order valence-corrected chi connectivity index (χ4v) is 1.48. The molecule has 0 radical (unpaired) electrons. The van der Waals surface area contributed by atoms with E-state index in [1.54, 1.807) is 11.9 Å². The van der Waals surface area contributed by atoms with E-state index in [1.807, 2.05) is 27.7 Å². The van der Waals surface area contributed by atoms with Gasteiger partial charge in [-0.1, -0.05) is 19.0 Å². The summed E-state index contributed by atoms with van der Waals surface area (Å²) in [7, 11) is 1.79. The van der Waals surface area contributed by atoms with Crippen molar-refractivity contribution in [1.29, 1.82) is 0 Å². The standard InChI is InChI=1S/C12H21N3O2/c1-8(2)13-6-12(16)15(5)7-11-9(3)14-17-10(11)4/h8,13H,6-7H2,1-5H3. The predicted octanol–water partition coefficient (Wildman–Crippen LogP) is 1.25. The van der Waals surface area contributed by atoms with E-state index in [2.05, 4.69) is 10.5 Å². The second kappa shape index (κ2) is 5.82. The Morgan fingerprint density at radius 1 is 1.47 bits per heavy atom. The molecular formula is C12H21N3O2. The van der Waals surface area contributed by atoms with Crippen LogP contribution in [0.25, 0.3) is 0 Å². The van der Waals surface area contributed by atoms with Gasteiger partial charge in [-0.25, -0.2) is 0 Å². The number of carbonyl (C=O) groups is 1. The third-order valence-corrected chi connectivity index (χ3v) is 2.66. The van der Waals surface area contributed by atoms with Gasteiger partial charge < -0.3 is 14.7 Å². The van der Waals surface area contributed by atoms with Crippen molar-refractivity contribution < 1.29 is 9.32 Å². The average Bonchev–Trinajstić information content (AvgIpc) is 2.57. The first-order valence-electron chi connectivity index (χ1n) is 5.81. The van der Waals surface area contributed by atoms with Crippen LogP contribution in [-0.2, 0) is 11.3 Å². The molecule has 0 saturated heterocycles. The maximum atomic E-state index is 11.8. The first-order valence-corrected chi connectivity index (χ1v) is 5.81. The number of nitrogens with zero attached hydrogens (tertiary/aromatic N) is 2. The van der Waals surface area contributed by atoms with Crippen molar-refractivity contribution in [1.82, 2.24) is 15.4 Å². The Balaban J connectivity index is 2.54. The monoisotopic (exact) mass is 239 g/mol. The fraction of sp³-hybridized carbons (Fsp3) is 0.667. The molecule has 17 heavy (non-hydrogen) atoms. The highest BCUT2D eigenvalue weighted by Gasteiger charge is 2.15. The van der Waals surface area contributed by atoms with Crippen LogP contribution in [0.15, 0.2) is 4.52 Å². The molecule has 0 bridgehead atoms. The molecule has 5 heteroatoms. The molecule has 0 aromatic carbocycles. The van der Waals surface area contributed by atoms with Crippen LogP contribution in [0.5, 0.6) is 0 Å². The molecule has 1 rings (SSSR count). The number of hydrogen-bond donors (Lipinski definition) is 1. The maximum absolute atomic E-state index is 11.8. The number of carbonyl (C=O) groups excluding carboxylic acids is 1. The van der Waals surface area contributed by atoms with E-state index in [-0.39, 0.29) is 5.91 Å². The molecule has 0 unspecified atom stereocenters. The minimum atomic E-state index is 0.0682. The van der Waals surface area contributed by atoms with Crippen molar-refractivity contribution in [3.8, 4) is 0 Å². The second-order valence-electron chi connectivity index (χ2n) is 4.59. The first-order chi connectivity index (χ1) is 7.91. The minimum absolute atomic E-state index is 0.0682. The number of nitrogens with one attached hydrogen (secondary N) is 1. The van der Waals surface area contributed by atoms with Crippen molar-refractivity contribution in [2.45, 2.75) is 40.3 Å². The smallest absolute Gasteiger partial charge is 0.236 e. The number of rotatable bonds is 5. The van der Waals surface area contributed by atoms with Crippen molar-refractivity contribution in [2.24, 2.45) is 0 Å². The molecule has 1 amide bonds. The fourth-order valence-electron chi connectivity index (χ4n) is 1.48. The van der Waals surface area contributed by atoms with E-state index in [1.165, 1.54) is 0 Å². The molecule has 0 saturated carbocycles. The molecule has 0 aliphatic carbocycles. The van der Waals surface area contributed by atoms with E-state index < -0.39 is 0 Å². The summed E-state index contributed by atoms with van der Waals surface area (Å²) < 4.78 is 5.07. The molecule has 5 nitrogen and oxygen atoms in total. The van der Waals surface area contributed by atoms with Crippen LogP contribution in [0, 0.1) is 13.8 Å². The lowest BCUT2D eigenvalue weighted by Gasteiger charge is -2.18. The number of likely N-dealkylation sites (N-methyl/N-ethyl adjacent to an activating group) is 1. The number of hydrogen-bond acceptors (Lipinski definition) is 4. The molecule has 0 fully saturated rings. The minimum Gasteiger partial charge on any atom is -0.361 e. The molecular weight excluding hydrogens is 218 g/mol. The highest BCUT2D eigenvalue weighted by molar-refractivity contribution is 5.78. The van der Waals surface area contributed by atoms with E-state index >= 15 is 0 Å². The molecule has 1 aromatic heterocycles. The van der Waals surface area contributed by atoms with Crippen LogP contribution in [-0.4, -0.2) is 35.6 Å². The molecule has 0 aliphatic heterocycles. The van der Waals surface area contributed by atoms with Gasteiger partial charge >= 0.3 is 0 Å². The SMILES string of the molecule is Cc1noc(C)c1CN(C)C(=O)CNC(C)C. The topological polar surface area (TPSA) is 58.4 Å². The van der Waals surface area contributed by atoms with E-state index in [0.717, 1.165) is 17.0 Å². The lowest BCUT2D eigenvalue weighted by atomic mass is 10.2. The Labute approximate surface area is 102 Å². The van der Waals surface area contributed by atoms with E-state index in [0.29, 0.717) is 19.1 Å². The second-order valence-corrected chi connectivity index (χ2v) is 4.59. The van der Waals surface area contributed by atoms with Crippen LogP contribution < -0.4 is 5.32 Å². The molecule has 1 aromatic rings.